The van der Waals surface area contributed by atoms with E-state index in [0.29, 0.717) is 6.61 Å². The number of unbranched alkanes of at least 4 members (excludes halogenated alkanes) is 2. The van der Waals surface area contributed by atoms with Crippen LogP contribution in [-0.4, -0.2) is 12.5 Å². The molecule has 0 saturated heterocycles. The minimum absolute atomic E-state index is 0.159. The molecule has 1 N–H and O–H groups in total. The van der Waals surface area contributed by atoms with E-state index in [-0.39, 0.29) is 11.8 Å². The first-order chi connectivity index (χ1) is 11.7. The number of carbonyl (C=O) groups is 1. The molecule has 1 aliphatic rings. The number of ether oxygens (including phenoxy) is 1. The van der Waals surface area contributed by atoms with Crippen molar-refractivity contribution < 1.29 is 9.53 Å². The first-order valence-electron chi connectivity index (χ1n) is 9.77. The molecule has 1 aromatic rings. The van der Waals surface area contributed by atoms with Gasteiger partial charge in [0.2, 0.25) is 5.91 Å². The minimum atomic E-state index is 0.159. The molecule has 0 atom stereocenters. The number of anilines is 1. The van der Waals surface area contributed by atoms with Gasteiger partial charge in [0.05, 0.1) is 12.3 Å². The van der Waals surface area contributed by atoms with E-state index in [1.54, 1.807) is 0 Å². The fraction of sp³-hybridized carbons (Fsp3) is 0.667. The number of para-hydroxylation sites is 2. The van der Waals surface area contributed by atoms with Crippen LogP contribution in [0.3, 0.4) is 0 Å². The van der Waals surface area contributed by atoms with E-state index in [9.17, 15) is 4.79 Å². The molecule has 0 heterocycles. The fourth-order valence-corrected chi connectivity index (χ4v) is 3.46. The summed E-state index contributed by atoms with van der Waals surface area (Å²) < 4.78 is 5.81. The molecular weight excluding hydrogens is 298 g/mol. The maximum Gasteiger partial charge on any atom is 0.227 e. The van der Waals surface area contributed by atoms with Crippen LogP contribution in [0.25, 0.3) is 0 Å². The van der Waals surface area contributed by atoms with Crippen molar-refractivity contribution in [1.82, 2.24) is 0 Å². The Balaban J connectivity index is 1.84. The van der Waals surface area contributed by atoms with Crippen molar-refractivity contribution in [2.75, 3.05) is 11.9 Å². The molecular formula is C21H33NO2. The van der Waals surface area contributed by atoms with Crippen molar-refractivity contribution in [2.45, 2.75) is 71.6 Å². The lowest BCUT2D eigenvalue weighted by Crippen LogP contribution is -2.27. The van der Waals surface area contributed by atoms with E-state index in [1.807, 2.05) is 24.3 Å². The van der Waals surface area contributed by atoms with Crippen LogP contribution >= 0.6 is 0 Å². The topological polar surface area (TPSA) is 38.3 Å². The van der Waals surface area contributed by atoms with E-state index in [2.05, 4.69) is 19.2 Å². The number of hydrogen-bond donors (Lipinski definition) is 1. The second kappa shape index (κ2) is 10.4. The molecule has 2 rings (SSSR count). The maximum atomic E-state index is 12.6. The predicted octanol–water partition coefficient (Wildman–Crippen LogP) is 5.80. The Bertz CT molecular complexity index is 492. The van der Waals surface area contributed by atoms with Gasteiger partial charge in [-0.25, -0.2) is 0 Å². The molecule has 1 amide bonds. The summed E-state index contributed by atoms with van der Waals surface area (Å²) in [6, 6.07) is 7.78. The molecule has 24 heavy (non-hydrogen) atoms. The average Bonchev–Trinajstić information content (AvgIpc) is 2.62. The van der Waals surface area contributed by atoms with Gasteiger partial charge < -0.3 is 10.1 Å². The third-order valence-electron chi connectivity index (χ3n) is 5.08. The van der Waals surface area contributed by atoms with Crippen molar-refractivity contribution in [2.24, 2.45) is 11.8 Å². The Morgan fingerprint density at radius 3 is 2.50 bits per heavy atom. The molecule has 0 unspecified atom stereocenters. The molecule has 1 saturated carbocycles. The number of amides is 1. The van der Waals surface area contributed by atoms with Gasteiger partial charge in [0.25, 0.3) is 0 Å². The van der Waals surface area contributed by atoms with Crippen molar-refractivity contribution in [3.63, 3.8) is 0 Å². The van der Waals surface area contributed by atoms with Crippen molar-refractivity contribution in [3.8, 4) is 5.75 Å². The second-order valence-corrected chi connectivity index (χ2v) is 7.05. The van der Waals surface area contributed by atoms with Crippen molar-refractivity contribution in [3.05, 3.63) is 24.3 Å². The zero-order chi connectivity index (χ0) is 17.2. The standard InChI is InChI=1S/C21H33NO2/c1-3-5-9-17-12-14-18(15-13-17)21(23)22-19-10-7-8-11-20(19)24-16-6-4-2/h7-8,10-11,17-18H,3-6,9,12-16H2,1-2H3,(H,22,23). The van der Waals surface area contributed by atoms with Crippen LogP contribution in [0.2, 0.25) is 0 Å². The summed E-state index contributed by atoms with van der Waals surface area (Å²) in [7, 11) is 0. The van der Waals surface area contributed by atoms with Gasteiger partial charge in [-0.1, -0.05) is 51.7 Å². The number of nitrogens with one attached hydrogen (secondary N) is 1. The Kier molecular flexibility index (Phi) is 8.14. The summed E-state index contributed by atoms with van der Waals surface area (Å²) in [5.74, 6) is 1.94. The van der Waals surface area contributed by atoms with E-state index in [4.69, 9.17) is 4.74 Å². The number of carbonyl (C=O) groups excluding carboxylic acids is 1. The normalized spacial score (nSPS) is 20.6. The predicted molar refractivity (Wildman–Crippen MR) is 100 cm³/mol. The van der Waals surface area contributed by atoms with Gasteiger partial charge >= 0.3 is 0 Å². The van der Waals surface area contributed by atoms with Crippen molar-refractivity contribution >= 4 is 11.6 Å². The quantitative estimate of drug-likeness (QED) is 0.581. The molecule has 134 valence electrons. The Hall–Kier alpha value is -1.51. The molecule has 0 radical (unpaired) electrons. The van der Waals surface area contributed by atoms with Gasteiger partial charge in [-0.2, -0.15) is 0 Å². The fourth-order valence-electron chi connectivity index (χ4n) is 3.46. The third-order valence-corrected chi connectivity index (χ3v) is 5.08. The molecule has 0 aromatic heterocycles. The van der Waals surface area contributed by atoms with Crippen LogP contribution in [-0.2, 0) is 4.79 Å². The molecule has 0 aliphatic heterocycles. The summed E-state index contributed by atoms with van der Waals surface area (Å²) in [5, 5.41) is 3.10. The van der Waals surface area contributed by atoms with Gasteiger partial charge in [0.1, 0.15) is 5.75 Å². The highest BCUT2D eigenvalue weighted by Crippen LogP contribution is 2.33. The van der Waals surface area contributed by atoms with Crippen LogP contribution < -0.4 is 10.1 Å². The molecule has 3 nitrogen and oxygen atoms in total. The van der Waals surface area contributed by atoms with Crippen molar-refractivity contribution in [1.29, 1.82) is 0 Å². The smallest absolute Gasteiger partial charge is 0.227 e. The summed E-state index contributed by atoms with van der Waals surface area (Å²) in [4.78, 5) is 12.6. The summed E-state index contributed by atoms with van der Waals surface area (Å²) >= 11 is 0. The molecule has 1 fully saturated rings. The number of hydrogen-bond acceptors (Lipinski definition) is 2. The molecule has 1 aromatic carbocycles. The molecule has 0 spiro atoms. The summed E-state index contributed by atoms with van der Waals surface area (Å²) in [6.45, 7) is 5.10. The Morgan fingerprint density at radius 1 is 1.08 bits per heavy atom. The van der Waals surface area contributed by atoms with Gasteiger partial charge in [0, 0.05) is 5.92 Å². The molecule has 3 heteroatoms. The first-order valence-corrected chi connectivity index (χ1v) is 9.77. The van der Waals surface area contributed by atoms with Crippen LogP contribution in [0.4, 0.5) is 5.69 Å². The Labute approximate surface area is 147 Å². The highest BCUT2D eigenvalue weighted by atomic mass is 16.5. The van der Waals surface area contributed by atoms with Crippen LogP contribution in [0, 0.1) is 11.8 Å². The monoisotopic (exact) mass is 331 g/mol. The highest BCUT2D eigenvalue weighted by Gasteiger charge is 2.26. The van der Waals surface area contributed by atoms with Crippen LogP contribution in [0.5, 0.6) is 5.75 Å². The van der Waals surface area contributed by atoms with E-state index in [0.717, 1.165) is 43.0 Å². The van der Waals surface area contributed by atoms with Crippen LogP contribution in [0.15, 0.2) is 24.3 Å². The highest BCUT2D eigenvalue weighted by molar-refractivity contribution is 5.94. The zero-order valence-corrected chi connectivity index (χ0v) is 15.4. The lowest BCUT2D eigenvalue weighted by atomic mass is 9.79. The zero-order valence-electron chi connectivity index (χ0n) is 15.4. The summed E-state index contributed by atoms with van der Waals surface area (Å²) in [6.07, 6.45) is 10.5. The van der Waals surface area contributed by atoms with E-state index >= 15 is 0 Å². The van der Waals surface area contributed by atoms with Gasteiger partial charge in [-0.15, -0.1) is 0 Å². The summed E-state index contributed by atoms with van der Waals surface area (Å²) in [5.41, 5.74) is 0.812. The Morgan fingerprint density at radius 2 is 1.79 bits per heavy atom. The van der Waals surface area contributed by atoms with Gasteiger partial charge in [-0.05, 0) is 50.2 Å². The number of benzene rings is 1. The second-order valence-electron chi connectivity index (χ2n) is 7.05. The maximum absolute atomic E-state index is 12.6. The van der Waals surface area contributed by atoms with Crippen LogP contribution in [0.1, 0.15) is 71.6 Å². The molecule has 0 bridgehead atoms. The van der Waals surface area contributed by atoms with Gasteiger partial charge in [0.15, 0.2) is 0 Å². The first kappa shape index (κ1) is 18.8. The lowest BCUT2D eigenvalue weighted by molar-refractivity contribution is -0.121. The third kappa shape index (κ3) is 5.85. The lowest BCUT2D eigenvalue weighted by Gasteiger charge is -2.28. The van der Waals surface area contributed by atoms with E-state index in [1.165, 1.54) is 32.1 Å². The minimum Gasteiger partial charge on any atom is -0.491 e. The van der Waals surface area contributed by atoms with Gasteiger partial charge in [-0.3, -0.25) is 4.79 Å². The van der Waals surface area contributed by atoms with E-state index < -0.39 is 0 Å². The molecule has 1 aliphatic carbocycles. The average molecular weight is 332 g/mol. The number of rotatable bonds is 9. The largest absolute Gasteiger partial charge is 0.491 e. The SMILES string of the molecule is CCCCOc1ccccc1NC(=O)C1CCC(CCCC)CC1.